The predicted molar refractivity (Wildman–Crippen MR) is 65.9 cm³/mol. The molecule has 0 unspecified atom stereocenters. The average molecular weight is 239 g/mol. The maximum absolute atomic E-state index is 11.5. The monoisotopic (exact) mass is 238 g/mol. The first-order valence-electron chi connectivity index (χ1n) is 4.84. The van der Waals surface area contributed by atoms with Gasteiger partial charge in [0.05, 0.1) is 0 Å². The van der Waals surface area contributed by atoms with Crippen LogP contribution in [0.4, 0.5) is 0 Å². The number of thiophene rings is 1. The van der Waals surface area contributed by atoms with Crippen molar-refractivity contribution in [2.45, 2.75) is 12.8 Å². The van der Waals surface area contributed by atoms with Gasteiger partial charge in [-0.1, -0.05) is 18.2 Å². The second-order valence-electron chi connectivity index (χ2n) is 3.41. The van der Waals surface area contributed by atoms with Crippen molar-refractivity contribution in [3.8, 4) is 0 Å². The van der Waals surface area contributed by atoms with Crippen LogP contribution in [0, 0.1) is 0 Å². The van der Waals surface area contributed by atoms with Crippen LogP contribution in [-0.4, -0.2) is 11.7 Å². The minimum atomic E-state index is 0.216. The molecule has 0 N–H and O–H groups in total. The molecule has 0 radical (unpaired) electrons. The zero-order valence-corrected chi connectivity index (χ0v) is 9.77. The molecule has 1 aromatic carbocycles. The van der Waals surface area contributed by atoms with Crippen molar-refractivity contribution in [1.29, 1.82) is 0 Å². The highest BCUT2D eigenvalue weighted by Crippen LogP contribution is 2.26. The normalized spacial score (nSPS) is 10.7. The summed E-state index contributed by atoms with van der Waals surface area (Å²) in [5.41, 5.74) is 1.13. The highest BCUT2D eigenvalue weighted by atomic mass is 35.5. The Hall–Kier alpha value is -0.860. The van der Waals surface area contributed by atoms with Gasteiger partial charge in [0.1, 0.15) is 5.78 Å². The third-order valence-corrected chi connectivity index (χ3v) is 3.52. The summed E-state index contributed by atoms with van der Waals surface area (Å²) >= 11 is 7.23. The number of rotatable bonds is 4. The molecule has 2 rings (SSSR count). The first-order chi connectivity index (χ1) is 7.31. The Balaban J connectivity index is 2.25. The summed E-state index contributed by atoms with van der Waals surface area (Å²) in [5, 5.41) is 3.27. The van der Waals surface area contributed by atoms with E-state index in [0.29, 0.717) is 18.7 Å². The van der Waals surface area contributed by atoms with Crippen molar-refractivity contribution in [1.82, 2.24) is 0 Å². The van der Waals surface area contributed by atoms with Crippen LogP contribution in [0.3, 0.4) is 0 Å². The van der Waals surface area contributed by atoms with Gasteiger partial charge in [-0.15, -0.1) is 22.9 Å². The van der Waals surface area contributed by atoms with Gasteiger partial charge in [0.2, 0.25) is 0 Å². The van der Waals surface area contributed by atoms with Crippen LogP contribution >= 0.6 is 22.9 Å². The molecule has 0 saturated carbocycles. The lowest BCUT2D eigenvalue weighted by Gasteiger charge is -1.97. The molecule has 0 aliphatic rings. The highest BCUT2D eigenvalue weighted by molar-refractivity contribution is 7.17. The molecule has 0 aliphatic heterocycles. The Bertz CT molecular complexity index is 475. The van der Waals surface area contributed by atoms with Crippen molar-refractivity contribution in [3.63, 3.8) is 0 Å². The summed E-state index contributed by atoms with van der Waals surface area (Å²) in [6.45, 7) is 0. The molecule has 2 aromatic rings. The maximum Gasteiger partial charge on any atom is 0.138 e. The summed E-state index contributed by atoms with van der Waals surface area (Å²) in [6, 6.07) is 8.17. The number of halogens is 1. The second kappa shape index (κ2) is 4.77. The fourth-order valence-electron chi connectivity index (χ4n) is 1.58. The number of carbonyl (C=O) groups excluding carboxylic acids is 1. The molecule has 0 bridgehead atoms. The van der Waals surface area contributed by atoms with Crippen LogP contribution in [0.15, 0.2) is 29.6 Å². The average Bonchev–Trinajstić information content (AvgIpc) is 2.62. The largest absolute Gasteiger partial charge is 0.299 e. The minimum absolute atomic E-state index is 0.216. The third kappa shape index (κ3) is 2.39. The quantitative estimate of drug-likeness (QED) is 0.744. The van der Waals surface area contributed by atoms with Crippen molar-refractivity contribution in [3.05, 3.63) is 35.2 Å². The molecule has 78 valence electrons. The molecule has 1 heterocycles. The van der Waals surface area contributed by atoms with E-state index >= 15 is 0 Å². The number of benzene rings is 1. The number of carbonyl (C=O) groups is 1. The van der Waals surface area contributed by atoms with E-state index in [2.05, 4.69) is 17.5 Å². The summed E-state index contributed by atoms with van der Waals surface area (Å²) in [4.78, 5) is 11.5. The molecular formula is C12H11ClOS. The molecule has 1 nitrogen and oxygen atoms in total. The van der Waals surface area contributed by atoms with Crippen LogP contribution in [0.5, 0.6) is 0 Å². The molecule has 0 atom stereocenters. The molecule has 0 aliphatic carbocycles. The van der Waals surface area contributed by atoms with E-state index in [1.165, 1.54) is 10.1 Å². The molecule has 1 aromatic heterocycles. The Kier molecular flexibility index (Phi) is 3.39. The van der Waals surface area contributed by atoms with E-state index < -0.39 is 0 Å². The van der Waals surface area contributed by atoms with E-state index in [1.54, 1.807) is 11.3 Å². The Labute approximate surface area is 97.7 Å². The Morgan fingerprint density at radius 1 is 1.33 bits per heavy atom. The maximum atomic E-state index is 11.5. The molecule has 3 heteroatoms. The van der Waals surface area contributed by atoms with Crippen LogP contribution in [0.1, 0.15) is 12.0 Å². The SMILES string of the molecule is O=C(CCCl)Cc1csc2ccccc12. The zero-order chi connectivity index (χ0) is 10.7. The van der Waals surface area contributed by atoms with Gasteiger partial charge in [-0.2, -0.15) is 0 Å². The lowest BCUT2D eigenvalue weighted by atomic mass is 10.1. The van der Waals surface area contributed by atoms with Gasteiger partial charge in [0, 0.05) is 23.4 Å². The topological polar surface area (TPSA) is 17.1 Å². The molecule has 15 heavy (non-hydrogen) atoms. The number of alkyl halides is 1. The van der Waals surface area contributed by atoms with Gasteiger partial charge in [-0.3, -0.25) is 4.79 Å². The summed E-state index contributed by atoms with van der Waals surface area (Å²) in [5.74, 6) is 0.634. The first-order valence-corrected chi connectivity index (χ1v) is 6.25. The van der Waals surface area contributed by atoms with Crippen molar-refractivity contribution >= 4 is 38.8 Å². The van der Waals surface area contributed by atoms with E-state index in [-0.39, 0.29) is 5.78 Å². The molecule has 0 amide bonds. The van der Waals surface area contributed by atoms with Gasteiger partial charge in [-0.25, -0.2) is 0 Å². The highest BCUT2D eigenvalue weighted by Gasteiger charge is 2.07. The van der Waals surface area contributed by atoms with Crippen molar-refractivity contribution in [2.75, 3.05) is 5.88 Å². The van der Waals surface area contributed by atoms with Gasteiger partial charge >= 0.3 is 0 Å². The molecule has 0 fully saturated rings. The fourth-order valence-corrected chi connectivity index (χ4v) is 2.75. The van der Waals surface area contributed by atoms with Gasteiger partial charge < -0.3 is 0 Å². The van der Waals surface area contributed by atoms with Crippen molar-refractivity contribution < 1.29 is 4.79 Å². The zero-order valence-electron chi connectivity index (χ0n) is 8.20. The van der Waals surface area contributed by atoms with Crippen LogP contribution in [0.25, 0.3) is 10.1 Å². The number of hydrogen-bond acceptors (Lipinski definition) is 2. The van der Waals surface area contributed by atoms with E-state index in [0.717, 1.165) is 5.56 Å². The minimum Gasteiger partial charge on any atom is -0.299 e. The first kappa shape index (κ1) is 10.7. The predicted octanol–water partition coefficient (Wildman–Crippen LogP) is 3.64. The van der Waals surface area contributed by atoms with Crippen LogP contribution in [-0.2, 0) is 11.2 Å². The van der Waals surface area contributed by atoms with Crippen molar-refractivity contribution in [2.24, 2.45) is 0 Å². The Morgan fingerprint density at radius 3 is 2.93 bits per heavy atom. The fraction of sp³-hybridized carbons (Fsp3) is 0.250. The molecular weight excluding hydrogens is 228 g/mol. The van der Waals surface area contributed by atoms with Gasteiger partial charge in [0.25, 0.3) is 0 Å². The van der Waals surface area contributed by atoms with Crippen LogP contribution in [0.2, 0.25) is 0 Å². The summed E-state index contributed by atoms with van der Waals surface area (Å²) in [6.07, 6.45) is 0.975. The van der Waals surface area contributed by atoms with E-state index in [1.807, 2.05) is 12.1 Å². The standard InChI is InChI=1S/C12H11ClOS/c13-6-5-10(14)7-9-8-15-12-4-2-1-3-11(9)12/h1-4,8H,5-7H2. The van der Waals surface area contributed by atoms with Gasteiger partial charge in [-0.05, 0) is 22.4 Å². The summed E-state index contributed by atoms with van der Waals surface area (Å²) in [7, 11) is 0. The molecule has 0 spiro atoms. The van der Waals surface area contributed by atoms with E-state index in [9.17, 15) is 4.79 Å². The smallest absolute Gasteiger partial charge is 0.138 e. The molecule has 0 saturated heterocycles. The van der Waals surface area contributed by atoms with Crippen LogP contribution < -0.4 is 0 Å². The number of Topliss-reactive ketones (excluding diaryl/α,β-unsaturated/α-hetero) is 1. The van der Waals surface area contributed by atoms with Gasteiger partial charge in [0.15, 0.2) is 0 Å². The lowest BCUT2D eigenvalue weighted by Crippen LogP contribution is -2.02. The number of fused-ring (bicyclic) bond motifs is 1. The number of hydrogen-bond donors (Lipinski definition) is 0. The second-order valence-corrected chi connectivity index (χ2v) is 4.70. The number of ketones is 1. The third-order valence-electron chi connectivity index (χ3n) is 2.32. The lowest BCUT2D eigenvalue weighted by molar-refractivity contribution is -0.118. The summed E-state index contributed by atoms with van der Waals surface area (Å²) < 4.78 is 1.24. The van der Waals surface area contributed by atoms with E-state index in [4.69, 9.17) is 11.6 Å². The Morgan fingerprint density at radius 2 is 2.13 bits per heavy atom.